The Morgan fingerprint density at radius 2 is 2.00 bits per heavy atom. The van der Waals surface area contributed by atoms with Crippen LogP contribution in [0.15, 0.2) is 23.4 Å². The average Bonchev–Trinajstić information content (AvgIpc) is 3.20. The fourth-order valence-corrected chi connectivity index (χ4v) is 6.24. The summed E-state index contributed by atoms with van der Waals surface area (Å²) in [5, 5.41) is 9.97. The molecule has 35 heavy (non-hydrogen) atoms. The van der Waals surface area contributed by atoms with Crippen LogP contribution >= 0.6 is 11.3 Å². The van der Waals surface area contributed by atoms with E-state index in [2.05, 4.69) is 20.5 Å². The zero-order valence-electron chi connectivity index (χ0n) is 18.2. The van der Waals surface area contributed by atoms with Crippen LogP contribution in [0.1, 0.15) is 31.2 Å². The summed E-state index contributed by atoms with van der Waals surface area (Å²) in [6, 6.07) is 2.54. The molecule has 2 N–H and O–H groups in total. The van der Waals surface area contributed by atoms with E-state index in [1.54, 1.807) is 0 Å². The molecule has 1 saturated heterocycles. The van der Waals surface area contributed by atoms with Gasteiger partial charge in [0.05, 0.1) is 16.1 Å². The number of nitrogens with zero attached hydrogens (tertiary/aromatic N) is 5. The number of hydrogen-bond acceptors (Lipinski definition) is 8. The number of anilines is 1. The van der Waals surface area contributed by atoms with Crippen molar-refractivity contribution in [3.8, 4) is 5.13 Å². The van der Waals surface area contributed by atoms with E-state index in [-0.39, 0.29) is 34.4 Å². The monoisotopic (exact) mass is 537 g/mol. The van der Waals surface area contributed by atoms with Gasteiger partial charge in [-0.25, -0.2) is 22.2 Å². The zero-order chi connectivity index (χ0) is 25.2. The first kappa shape index (κ1) is 24.3. The molecule has 0 amide bonds. The first-order valence-corrected chi connectivity index (χ1v) is 12.9. The number of hydrogen-bond donors (Lipinski definition) is 2. The largest absolute Gasteiger partial charge is 0.407 e. The number of benzene rings is 1. The molecule has 1 aromatic carbocycles. The number of rotatable bonds is 6. The van der Waals surface area contributed by atoms with E-state index in [9.17, 15) is 30.4 Å². The Bertz CT molecular complexity index is 1370. The lowest BCUT2D eigenvalue weighted by Crippen LogP contribution is -2.49. The maximum atomic E-state index is 13.5. The van der Waals surface area contributed by atoms with Crippen molar-refractivity contribution in [1.29, 1.82) is 0 Å². The maximum absolute atomic E-state index is 13.5. The predicted octanol–water partition coefficient (Wildman–Crippen LogP) is 2.99. The molecule has 190 valence electrons. The maximum Gasteiger partial charge on any atom is 0.407 e. The molecule has 3 heterocycles. The van der Waals surface area contributed by atoms with E-state index in [1.807, 2.05) is 16.5 Å². The number of fused-ring (bicyclic) bond motifs is 1. The van der Waals surface area contributed by atoms with Gasteiger partial charge in [0.2, 0.25) is 15.2 Å². The summed E-state index contributed by atoms with van der Waals surface area (Å²) >= 11 is 0.605. The Kier molecular flexibility index (Phi) is 5.77. The van der Waals surface area contributed by atoms with E-state index in [0.29, 0.717) is 42.2 Å². The van der Waals surface area contributed by atoms with Crippen LogP contribution in [-0.4, -0.2) is 65.6 Å². The molecule has 1 aliphatic carbocycles. The molecule has 3 aromatic rings. The predicted molar refractivity (Wildman–Crippen MR) is 118 cm³/mol. The Morgan fingerprint density at radius 1 is 1.26 bits per heavy atom. The van der Waals surface area contributed by atoms with Gasteiger partial charge in [-0.3, -0.25) is 4.57 Å². The Balaban J connectivity index is 1.65. The van der Waals surface area contributed by atoms with Gasteiger partial charge in [-0.2, -0.15) is 17.9 Å². The lowest BCUT2D eigenvalue weighted by molar-refractivity contribution is -0.160. The Hall–Kier alpha value is -2.43. The fraction of sp³-hybridized carbons (Fsp3) is 0.526. The van der Waals surface area contributed by atoms with Crippen molar-refractivity contribution in [3.05, 3.63) is 23.5 Å². The van der Waals surface area contributed by atoms with Crippen LogP contribution < -0.4 is 14.9 Å². The van der Waals surface area contributed by atoms with E-state index < -0.39 is 33.2 Å². The molecule has 2 aliphatic rings. The SMILES string of the molecule is C[C@H]1CN(c2cc(S(=O)(=O)NC3(C(F)(F)F)CC3)cc3c2ncn3-c2nnc(C(F)F)s2)CCN1. The highest BCUT2D eigenvalue weighted by Gasteiger charge is 2.65. The van der Waals surface area contributed by atoms with Gasteiger partial charge in [-0.05, 0) is 31.9 Å². The number of imidazole rings is 1. The third kappa shape index (κ3) is 4.36. The van der Waals surface area contributed by atoms with Crippen LogP contribution in [0.2, 0.25) is 0 Å². The number of alkyl halides is 5. The molecular formula is C19H20F5N7O2S2. The second-order valence-electron chi connectivity index (χ2n) is 8.63. The molecule has 2 aromatic heterocycles. The molecule has 2 fully saturated rings. The molecule has 5 rings (SSSR count). The molecule has 0 unspecified atom stereocenters. The lowest BCUT2D eigenvalue weighted by Gasteiger charge is -2.34. The lowest BCUT2D eigenvalue weighted by atomic mass is 10.2. The summed E-state index contributed by atoms with van der Waals surface area (Å²) in [7, 11) is -4.60. The molecular weight excluding hydrogens is 517 g/mol. The summed E-state index contributed by atoms with van der Waals surface area (Å²) in [6.07, 6.45) is -6.97. The highest BCUT2D eigenvalue weighted by Crippen LogP contribution is 2.50. The highest BCUT2D eigenvalue weighted by atomic mass is 32.2. The molecule has 1 saturated carbocycles. The van der Waals surface area contributed by atoms with Crippen molar-refractivity contribution < 1.29 is 30.4 Å². The molecule has 1 atom stereocenters. The quantitative estimate of drug-likeness (QED) is 0.466. The summed E-state index contributed by atoms with van der Waals surface area (Å²) < 4.78 is 96.0. The topological polar surface area (TPSA) is 105 Å². The van der Waals surface area contributed by atoms with Gasteiger partial charge in [0.1, 0.15) is 17.4 Å². The van der Waals surface area contributed by atoms with E-state index >= 15 is 0 Å². The third-order valence-corrected chi connectivity index (χ3v) is 8.52. The minimum Gasteiger partial charge on any atom is -0.367 e. The summed E-state index contributed by atoms with van der Waals surface area (Å²) in [5.41, 5.74) is -1.52. The van der Waals surface area contributed by atoms with Crippen LogP contribution in [0.4, 0.5) is 27.6 Å². The van der Waals surface area contributed by atoms with Gasteiger partial charge in [0.25, 0.3) is 6.43 Å². The standard InChI is InChI=1S/C19H20F5N7O2S2/c1-10-8-30(5-4-25-10)12-6-11(35(32,33)29-18(2-3-18)19(22,23)24)7-13-14(12)26-9-31(13)17-28-27-16(34-17)15(20)21/h6-7,9-10,15,25,29H,2-5,8H2,1H3/t10-/m0/s1. The number of sulfonamides is 1. The normalized spacial score (nSPS) is 20.7. The second-order valence-corrected chi connectivity index (χ2v) is 11.3. The van der Waals surface area contributed by atoms with E-state index in [4.69, 9.17) is 0 Å². The van der Waals surface area contributed by atoms with Gasteiger partial charge < -0.3 is 10.2 Å². The molecule has 1 aliphatic heterocycles. The summed E-state index contributed by atoms with van der Waals surface area (Å²) in [6.45, 7) is 3.55. The minimum atomic E-state index is -4.74. The number of halogens is 5. The van der Waals surface area contributed by atoms with Crippen molar-refractivity contribution in [2.24, 2.45) is 0 Å². The van der Waals surface area contributed by atoms with Gasteiger partial charge in [0.15, 0.2) is 5.01 Å². The van der Waals surface area contributed by atoms with Gasteiger partial charge >= 0.3 is 6.18 Å². The van der Waals surface area contributed by atoms with Crippen LogP contribution in [-0.2, 0) is 10.0 Å². The van der Waals surface area contributed by atoms with Crippen molar-refractivity contribution in [1.82, 2.24) is 29.8 Å². The number of nitrogens with one attached hydrogen (secondary N) is 2. The average molecular weight is 538 g/mol. The van der Waals surface area contributed by atoms with E-state index in [0.717, 1.165) is 0 Å². The van der Waals surface area contributed by atoms with Gasteiger partial charge in [-0.15, -0.1) is 10.2 Å². The fourth-order valence-electron chi connectivity index (χ4n) is 4.07. The van der Waals surface area contributed by atoms with Crippen molar-refractivity contribution in [2.75, 3.05) is 24.5 Å². The van der Waals surface area contributed by atoms with Crippen molar-refractivity contribution in [3.63, 3.8) is 0 Å². The summed E-state index contributed by atoms with van der Waals surface area (Å²) in [5.74, 6) is 0. The molecule has 0 bridgehead atoms. The molecule has 9 nitrogen and oxygen atoms in total. The number of piperazine rings is 1. The Morgan fingerprint density at radius 3 is 2.60 bits per heavy atom. The summed E-state index contributed by atoms with van der Waals surface area (Å²) in [4.78, 5) is 5.86. The number of aromatic nitrogens is 4. The minimum absolute atomic E-state index is 0.0268. The molecule has 0 spiro atoms. The van der Waals surface area contributed by atoms with Crippen molar-refractivity contribution >= 4 is 38.1 Å². The second kappa shape index (κ2) is 8.31. The highest BCUT2D eigenvalue weighted by molar-refractivity contribution is 7.89. The molecule has 16 heteroatoms. The van der Waals surface area contributed by atoms with E-state index in [1.165, 1.54) is 23.0 Å². The third-order valence-electron chi connectivity index (χ3n) is 6.07. The smallest absolute Gasteiger partial charge is 0.367 e. The first-order chi connectivity index (χ1) is 16.4. The van der Waals surface area contributed by atoms with Crippen LogP contribution in [0.3, 0.4) is 0 Å². The first-order valence-electron chi connectivity index (χ1n) is 10.6. The zero-order valence-corrected chi connectivity index (χ0v) is 19.8. The van der Waals surface area contributed by atoms with Crippen LogP contribution in [0.25, 0.3) is 16.2 Å². The Labute approximate surface area is 200 Å². The van der Waals surface area contributed by atoms with Crippen molar-refractivity contribution in [2.45, 2.75) is 48.8 Å². The van der Waals surface area contributed by atoms with Crippen LogP contribution in [0, 0.1) is 0 Å². The van der Waals surface area contributed by atoms with Gasteiger partial charge in [-0.1, -0.05) is 11.3 Å². The molecule has 0 radical (unpaired) electrons. The van der Waals surface area contributed by atoms with Crippen LogP contribution in [0.5, 0.6) is 0 Å². The van der Waals surface area contributed by atoms with Gasteiger partial charge in [0, 0.05) is 25.7 Å².